The third-order valence-corrected chi connectivity index (χ3v) is 5.33. The Hall–Kier alpha value is -2.04. The molecule has 2 fully saturated rings. The van der Waals surface area contributed by atoms with Crippen molar-refractivity contribution in [2.45, 2.75) is 51.5 Å². The number of hydrogen-bond donors (Lipinski definition) is 2. The third-order valence-electron chi connectivity index (χ3n) is 5.33. The molecule has 2 bridgehead atoms. The van der Waals surface area contributed by atoms with E-state index in [2.05, 4.69) is 24.5 Å². The molecular formula is C19H26N2O3. The summed E-state index contributed by atoms with van der Waals surface area (Å²) in [5.41, 5.74) is 0.577. The second kappa shape index (κ2) is 6.11. The standard InChI is InChI=1S/C19H26N2O3/c1-13(2)14-6-4-5-7-15(14)24-10-16(22)20-12-19-9-8-18(3,11-19)17(23)21-19/h4-7,13H,8-12H2,1-3H3,(H,20,22)(H,21,23). The first kappa shape index (κ1) is 16.8. The summed E-state index contributed by atoms with van der Waals surface area (Å²) in [6, 6.07) is 7.79. The average molecular weight is 330 g/mol. The molecule has 1 aliphatic carbocycles. The molecule has 3 rings (SSSR count). The minimum absolute atomic E-state index is 0.00890. The molecule has 130 valence electrons. The van der Waals surface area contributed by atoms with Gasteiger partial charge in [0.25, 0.3) is 5.91 Å². The quantitative estimate of drug-likeness (QED) is 0.841. The van der Waals surface area contributed by atoms with Crippen molar-refractivity contribution in [3.8, 4) is 5.75 Å². The molecule has 2 N–H and O–H groups in total. The first-order valence-electron chi connectivity index (χ1n) is 8.65. The Bertz CT molecular complexity index is 658. The summed E-state index contributed by atoms with van der Waals surface area (Å²) >= 11 is 0. The summed E-state index contributed by atoms with van der Waals surface area (Å²) in [5, 5.41) is 5.99. The van der Waals surface area contributed by atoms with E-state index >= 15 is 0 Å². The van der Waals surface area contributed by atoms with E-state index in [4.69, 9.17) is 4.74 Å². The fraction of sp³-hybridized carbons (Fsp3) is 0.579. The number of piperidine rings is 1. The van der Waals surface area contributed by atoms with Gasteiger partial charge < -0.3 is 15.4 Å². The lowest BCUT2D eigenvalue weighted by Crippen LogP contribution is -2.52. The highest BCUT2D eigenvalue weighted by Gasteiger charge is 2.57. The van der Waals surface area contributed by atoms with Crippen molar-refractivity contribution in [3.63, 3.8) is 0 Å². The molecule has 0 spiro atoms. The summed E-state index contributed by atoms with van der Waals surface area (Å²) in [6.07, 6.45) is 2.62. The van der Waals surface area contributed by atoms with Gasteiger partial charge in [0.1, 0.15) is 5.75 Å². The van der Waals surface area contributed by atoms with Crippen LogP contribution in [0.2, 0.25) is 0 Å². The van der Waals surface area contributed by atoms with Crippen LogP contribution in [0.4, 0.5) is 0 Å². The van der Waals surface area contributed by atoms with Crippen molar-refractivity contribution in [2.75, 3.05) is 13.2 Å². The summed E-state index contributed by atoms with van der Waals surface area (Å²) in [7, 11) is 0. The number of ether oxygens (including phenoxy) is 1. The van der Waals surface area contributed by atoms with E-state index in [1.807, 2.05) is 31.2 Å². The minimum atomic E-state index is -0.267. The van der Waals surface area contributed by atoms with Crippen LogP contribution in [0, 0.1) is 5.41 Å². The molecule has 1 aliphatic heterocycles. The molecule has 2 aliphatic rings. The van der Waals surface area contributed by atoms with Crippen LogP contribution >= 0.6 is 0 Å². The molecule has 1 aromatic carbocycles. The Labute approximate surface area is 143 Å². The highest BCUT2D eigenvalue weighted by molar-refractivity contribution is 5.87. The number of hydrogen-bond acceptors (Lipinski definition) is 3. The van der Waals surface area contributed by atoms with Gasteiger partial charge in [0.2, 0.25) is 5.91 Å². The summed E-state index contributed by atoms with van der Waals surface area (Å²) in [5.74, 6) is 1.05. The molecule has 2 unspecified atom stereocenters. The average Bonchev–Trinajstić information content (AvgIpc) is 3.01. The Morgan fingerprint density at radius 1 is 1.33 bits per heavy atom. The Kier molecular flexibility index (Phi) is 4.28. The van der Waals surface area contributed by atoms with Crippen LogP contribution in [0.1, 0.15) is 51.5 Å². The molecule has 5 heteroatoms. The van der Waals surface area contributed by atoms with E-state index in [0.29, 0.717) is 12.5 Å². The number of benzene rings is 1. The highest BCUT2D eigenvalue weighted by Crippen LogP contribution is 2.49. The van der Waals surface area contributed by atoms with Crippen LogP contribution in [0.25, 0.3) is 0 Å². The van der Waals surface area contributed by atoms with E-state index in [1.165, 1.54) is 0 Å². The Morgan fingerprint density at radius 3 is 2.71 bits per heavy atom. The van der Waals surface area contributed by atoms with Gasteiger partial charge >= 0.3 is 0 Å². The van der Waals surface area contributed by atoms with E-state index < -0.39 is 0 Å². The fourth-order valence-electron chi connectivity index (χ4n) is 3.88. The smallest absolute Gasteiger partial charge is 0.258 e. The van der Waals surface area contributed by atoms with Gasteiger partial charge in [-0.05, 0) is 36.8 Å². The highest BCUT2D eigenvalue weighted by atomic mass is 16.5. The largest absolute Gasteiger partial charge is 0.483 e. The predicted molar refractivity (Wildman–Crippen MR) is 91.9 cm³/mol. The molecule has 1 heterocycles. The normalized spacial score (nSPS) is 28.1. The van der Waals surface area contributed by atoms with Crippen molar-refractivity contribution in [3.05, 3.63) is 29.8 Å². The van der Waals surface area contributed by atoms with Crippen LogP contribution in [-0.4, -0.2) is 30.5 Å². The maximum Gasteiger partial charge on any atom is 0.258 e. The van der Waals surface area contributed by atoms with Gasteiger partial charge in [-0.25, -0.2) is 0 Å². The lowest BCUT2D eigenvalue weighted by molar-refractivity contribution is -0.129. The minimum Gasteiger partial charge on any atom is -0.483 e. The lowest BCUT2D eigenvalue weighted by atomic mass is 9.89. The van der Waals surface area contributed by atoms with Crippen molar-refractivity contribution < 1.29 is 14.3 Å². The van der Waals surface area contributed by atoms with Gasteiger partial charge in [0.15, 0.2) is 6.61 Å². The van der Waals surface area contributed by atoms with Crippen LogP contribution in [-0.2, 0) is 9.59 Å². The molecule has 0 radical (unpaired) electrons. The summed E-state index contributed by atoms with van der Waals surface area (Å²) in [4.78, 5) is 24.1. The van der Waals surface area contributed by atoms with Gasteiger partial charge in [0, 0.05) is 12.0 Å². The van der Waals surface area contributed by atoms with Crippen LogP contribution in [0.15, 0.2) is 24.3 Å². The SMILES string of the molecule is CC(C)c1ccccc1OCC(=O)NCC12CCC(C)(C1)C(=O)N2. The van der Waals surface area contributed by atoms with Gasteiger partial charge in [0.05, 0.1) is 5.54 Å². The molecule has 1 aromatic rings. The maximum atomic E-state index is 12.1. The zero-order valence-corrected chi connectivity index (χ0v) is 14.6. The van der Waals surface area contributed by atoms with Crippen molar-refractivity contribution in [1.82, 2.24) is 10.6 Å². The number of nitrogens with one attached hydrogen (secondary N) is 2. The van der Waals surface area contributed by atoms with E-state index in [1.54, 1.807) is 0 Å². The summed E-state index contributed by atoms with van der Waals surface area (Å²) in [6.45, 7) is 6.67. The first-order valence-corrected chi connectivity index (χ1v) is 8.65. The van der Waals surface area contributed by atoms with Crippen LogP contribution in [0.5, 0.6) is 5.75 Å². The van der Waals surface area contributed by atoms with Crippen molar-refractivity contribution in [1.29, 1.82) is 0 Å². The number of para-hydroxylation sites is 1. The molecule has 0 aromatic heterocycles. The molecule has 24 heavy (non-hydrogen) atoms. The summed E-state index contributed by atoms with van der Waals surface area (Å²) < 4.78 is 5.69. The third kappa shape index (κ3) is 3.12. The number of fused-ring (bicyclic) bond motifs is 2. The van der Waals surface area contributed by atoms with Gasteiger partial charge in [-0.1, -0.05) is 39.0 Å². The van der Waals surface area contributed by atoms with Crippen molar-refractivity contribution >= 4 is 11.8 Å². The number of amides is 2. The van der Waals surface area contributed by atoms with Crippen LogP contribution < -0.4 is 15.4 Å². The monoisotopic (exact) mass is 330 g/mol. The fourth-order valence-corrected chi connectivity index (χ4v) is 3.88. The molecule has 1 saturated heterocycles. The first-order chi connectivity index (χ1) is 11.3. The van der Waals surface area contributed by atoms with Gasteiger partial charge in [-0.15, -0.1) is 0 Å². The Morgan fingerprint density at radius 2 is 2.08 bits per heavy atom. The topological polar surface area (TPSA) is 67.4 Å². The maximum absolute atomic E-state index is 12.1. The van der Waals surface area contributed by atoms with Crippen molar-refractivity contribution in [2.24, 2.45) is 5.41 Å². The number of carbonyl (C=O) groups excluding carboxylic acids is 2. The zero-order chi connectivity index (χ0) is 17.4. The van der Waals surface area contributed by atoms with Gasteiger partial charge in [-0.3, -0.25) is 9.59 Å². The molecule has 2 amide bonds. The zero-order valence-electron chi connectivity index (χ0n) is 14.6. The molecule has 5 nitrogen and oxygen atoms in total. The lowest BCUT2D eigenvalue weighted by Gasteiger charge is -2.28. The van der Waals surface area contributed by atoms with Gasteiger partial charge in [-0.2, -0.15) is 0 Å². The molecular weight excluding hydrogens is 304 g/mol. The number of carbonyl (C=O) groups is 2. The predicted octanol–water partition coefficient (Wildman–Crippen LogP) is 2.36. The van der Waals surface area contributed by atoms with E-state index in [9.17, 15) is 9.59 Å². The van der Waals surface area contributed by atoms with E-state index in [-0.39, 0.29) is 29.4 Å². The number of rotatable bonds is 6. The van der Waals surface area contributed by atoms with Crippen LogP contribution in [0.3, 0.4) is 0 Å². The second-order valence-corrected chi connectivity index (χ2v) is 7.73. The molecule has 1 saturated carbocycles. The molecule has 2 atom stereocenters. The Balaban J connectivity index is 1.52. The van der Waals surface area contributed by atoms with E-state index in [0.717, 1.165) is 30.6 Å². The second-order valence-electron chi connectivity index (χ2n) is 7.73.